The number of non-ortho nitro benzene ring substituents is 1. The molecule has 2 aromatic heterocycles. The van der Waals surface area contributed by atoms with Crippen molar-refractivity contribution < 1.29 is 18.8 Å². The highest BCUT2D eigenvalue weighted by molar-refractivity contribution is 5.80. The van der Waals surface area contributed by atoms with Crippen molar-refractivity contribution in [2.45, 2.75) is 18.7 Å². The molecule has 1 N–H and O–H groups in total. The number of aliphatic hydroxyl groups is 1. The maximum Gasteiger partial charge on any atom is 0.271 e. The topological polar surface area (TPSA) is 112 Å². The maximum absolute atomic E-state index is 14.5. The molecule has 11 heteroatoms. The summed E-state index contributed by atoms with van der Waals surface area (Å²) >= 11 is 0. The zero-order valence-corrected chi connectivity index (χ0v) is 14.8. The summed E-state index contributed by atoms with van der Waals surface area (Å²) in [6, 6.07) is 7.08. The van der Waals surface area contributed by atoms with Gasteiger partial charge >= 0.3 is 0 Å². The van der Waals surface area contributed by atoms with E-state index in [4.69, 9.17) is 0 Å². The molecule has 9 nitrogen and oxygen atoms in total. The Kier molecular flexibility index (Phi) is 4.51. The van der Waals surface area contributed by atoms with Crippen LogP contribution in [0.15, 0.2) is 55.2 Å². The molecule has 1 atom stereocenters. The minimum atomic E-state index is -1.85. The van der Waals surface area contributed by atoms with Crippen LogP contribution in [-0.4, -0.2) is 34.6 Å². The van der Waals surface area contributed by atoms with Crippen LogP contribution in [-0.2, 0) is 18.7 Å². The molecule has 2 heterocycles. The lowest BCUT2D eigenvalue weighted by atomic mass is 9.93. The van der Waals surface area contributed by atoms with Gasteiger partial charge in [0.1, 0.15) is 29.9 Å². The van der Waals surface area contributed by atoms with Crippen molar-refractivity contribution in [2.24, 2.45) is 0 Å². The van der Waals surface area contributed by atoms with E-state index in [1.807, 2.05) is 0 Å². The highest BCUT2D eigenvalue weighted by atomic mass is 19.1. The highest BCUT2D eigenvalue weighted by Gasteiger charge is 2.34. The number of fused-ring (bicyclic) bond motifs is 1. The Morgan fingerprint density at radius 3 is 2.62 bits per heavy atom. The molecular formula is C18H14F2N6O3. The first-order chi connectivity index (χ1) is 13.8. The number of nitrogens with zero attached hydrogens (tertiary/aromatic N) is 6. The second-order valence-electron chi connectivity index (χ2n) is 6.58. The summed E-state index contributed by atoms with van der Waals surface area (Å²) in [6.45, 7) is -0.385. The smallest absolute Gasteiger partial charge is 0.271 e. The zero-order chi connectivity index (χ0) is 20.6. The average Bonchev–Trinajstić information content (AvgIpc) is 3.29. The molecular weight excluding hydrogens is 386 g/mol. The molecule has 2 aromatic carbocycles. The lowest BCUT2D eigenvalue weighted by molar-refractivity contribution is -0.384. The number of nitro benzene ring substituents is 1. The van der Waals surface area contributed by atoms with Crippen LogP contribution in [0.2, 0.25) is 0 Å². The molecule has 0 bridgehead atoms. The summed E-state index contributed by atoms with van der Waals surface area (Å²) in [4.78, 5) is 14.2. The van der Waals surface area contributed by atoms with Crippen molar-refractivity contribution in [1.82, 2.24) is 24.5 Å². The van der Waals surface area contributed by atoms with Crippen molar-refractivity contribution in [3.8, 4) is 0 Å². The van der Waals surface area contributed by atoms with Crippen molar-refractivity contribution >= 4 is 16.6 Å². The summed E-state index contributed by atoms with van der Waals surface area (Å²) in [7, 11) is 0. The summed E-state index contributed by atoms with van der Waals surface area (Å²) in [5, 5.41) is 31.1. The van der Waals surface area contributed by atoms with Crippen LogP contribution in [0.3, 0.4) is 0 Å². The Bertz CT molecular complexity index is 1190. The van der Waals surface area contributed by atoms with E-state index < -0.39 is 22.2 Å². The van der Waals surface area contributed by atoms with Gasteiger partial charge in [0.15, 0.2) is 0 Å². The van der Waals surface area contributed by atoms with Crippen LogP contribution >= 0.6 is 0 Å². The molecule has 0 fully saturated rings. The van der Waals surface area contributed by atoms with Crippen molar-refractivity contribution in [3.05, 3.63) is 82.6 Å². The Labute approximate surface area is 162 Å². The van der Waals surface area contributed by atoms with Crippen LogP contribution in [0, 0.1) is 21.7 Å². The largest absolute Gasteiger partial charge is 0.381 e. The number of hydrogen-bond acceptors (Lipinski definition) is 6. The lowest BCUT2D eigenvalue weighted by Gasteiger charge is -2.28. The molecule has 4 aromatic rings. The van der Waals surface area contributed by atoms with E-state index in [2.05, 4.69) is 15.2 Å². The molecule has 0 aliphatic heterocycles. The zero-order valence-electron chi connectivity index (χ0n) is 14.8. The van der Waals surface area contributed by atoms with Crippen LogP contribution in [0.25, 0.3) is 10.9 Å². The Morgan fingerprint density at radius 1 is 1.14 bits per heavy atom. The van der Waals surface area contributed by atoms with E-state index in [1.165, 1.54) is 40.2 Å². The number of aromatic nitrogens is 5. The van der Waals surface area contributed by atoms with Gasteiger partial charge in [0.05, 0.1) is 23.5 Å². The predicted octanol–water partition coefficient (Wildman–Crippen LogP) is 2.40. The standard InChI is InChI=1S/C18H14F2N6O3/c19-13-2-4-15(16(20)5-13)18(27,9-25-11-21-10-22-25)8-24-7-12-1-3-14(26(28)29)6-17(12)23-24/h1-7,10-11,27H,8-9H2. The van der Waals surface area contributed by atoms with Crippen molar-refractivity contribution in [1.29, 1.82) is 0 Å². The second-order valence-corrected chi connectivity index (χ2v) is 6.58. The summed E-state index contributed by atoms with van der Waals surface area (Å²) < 4.78 is 30.5. The van der Waals surface area contributed by atoms with Gasteiger partial charge in [-0.05, 0) is 12.1 Å². The van der Waals surface area contributed by atoms with Gasteiger partial charge < -0.3 is 5.11 Å². The van der Waals surface area contributed by atoms with E-state index in [1.54, 1.807) is 6.20 Å². The van der Waals surface area contributed by atoms with Crippen LogP contribution < -0.4 is 0 Å². The first-order valence-corrected chi connectivity index (χ1v) is 8.46. The molecule has 148 valence electrons. The van der Waals surface area contributed by atoms with Crippen LogP contribution in [0.1, 0.15) is 5.56 Å². The Hall–Kier alpha value is -3.73. The third-order valence-electron chi connectivity index (χ3n) is 4.50. The van der Waals surface area contributed by atoms with Gasteiger partial charge in [-0.3, -0.25) is 14.8 Å². The minimum Gasteiger partial charge on any atom is -0.381 e. The molecule has 0 spiro atoms. The van der Waals surface area contributed by atoms with Gasteiger partial charge in [-0.2, -0.15) is 10.2 Å². The van der Waals surface area contributed by atoms with Gasteiger partial charge in [-0.1, -0.05) is 6.07 Å². The first kappa shape index (κ1) is 18.6. The molecule has 0 amide bonds. The second kappa shape index (κ2) is 7.02. The monoisotopic (exact) mass is 400 g/mol. The molecule has 29 heavy (non-hydrogen) atoms. The third kappa shape index (κ3) is 3.67. The van der Waals surface area contributed by atoms with E-state index >= 15 is 0 Å². The quantitative estimate of drug-likeness (QED) is 0.393. The molecule has 0 radical (unpaired) electrons. The number of benzene rings is 2. The molecule has 0 aliphatic carbocycles. The summed E-state index contributed by atoms with van der Waals surface area (Å²) in [5.74, 6) is -1.69. The Morgan fingerprint density at radius 2 is 1.93 bits per heavy atom. The van der Waals surface area contributed by atoms with E-state index in [0.717, 1.165) is 12.1 Å². The van der Waals surface area contributed by atoms with Gasteiger partial charge in [0.2, 0.25) is 0 Å². The number of hydrogen-bond donors (Lipinski definition) is 1. The van der Waals surface area contributed by atoms with Crippen molar-refractivity contribution in [2.75, 3.05) is 0 Å². The number of rotatable bonds is 6. The normalized spacial score (nSPS) is 13.5. The minimum absolute atomic E-state index is 0.120. The average molecular weight is 400 g/mol. The Balaban J connectivity index is 1.75. The SMILES string of the molecule is O=[N+]([O-])c1ccc2cn(CC(O)(Cn3cncn3)c3ccc(F)cc3F)nc2c1. The van der Waals surface area contributed by atoms with Crippen molar-refractivity contribution in [3.63, 3.8) is 0 Å². The molecule has 1 unspecified atom stereocenters. The van der Waals surface area contributed by atoms with Gasteiger partial charge in [-0.25, -0.2) is 18.4 Å². The van der Waals surface area contributed by atoms with Crippen LogP contribution in [0.5, 0.6) is 0 Å². The molecule has 0 aliphatic rings. The summed E-state index contributed by atoms with van der Waals surface area (Å²) in [6.07, 6.45) is 4.20. The van der Waals surface area contributed by atoms with Gasteiger partial charge in [0.25, 0.3) is 5.69 Å². The molecule has 0 saturated heterocycles. The van der Waals surface area contributed by atoms with E-state index in [0.29, 0.717) is 17.0 Å². The third-order valence-corrected chi connectivity index (χ3v) is 4.50. The highest BCUT2D eigenvalue weighted by Crippen LogP contribution is 2.29. The molecule has 0 saturated carbocycles. The fourth-order valence-electron chi connectivity index (χ4n) is 3.19. The fourth-order valence-corrected chi connectivity index (χ4v) is 3.19. The summed E-state index contributed by atoms with van der Waals surface area (Å²) in [5.41, 5.74) is -1.76. The maximum atomic E-state index is 14.5. The predicted molar refractivity (Wildman–Crippen MR) is 96.7 cm³/mol. The first-order valence-electron chi connectivity index (χ1n) is 8.46. The van der Waals surface area contributed by atoms with Crippen LogP contribution in [0.4, 0.5) is 14.5 Å². The van der Waals surface area contributed by atoms with Gasteiger partial charge in [-0.15, -0.1) is 0 Å². The van der Waals surface area contributed by atoms with Gasteiger partial charge in [0, 0.05) is 35.3 Å². The van der Waals surface area contributed by atoms with E-state index in [-0.39, 0.29) is 24.3 Å². The number of nitro groups is 1. The fraction of sp³-hybridized carbons (Fsp3) is 0.167. The van der Waals surface area contributed by atoms with E-state index in [9.17, 15) is 24.0 Å². The number of halogens is 2. The lowest BCUT2D eigenvalue weighted by Crippen LogP contribution is -2.37. The molecule has 4 rings (SSSR count).